The molecule has 2 fully saturated rings. The van der Waals surface area contributed by atoms with Gasteiger partial charge in [0, 0.05) is 0 Å². The second-order valence-electron chi connectivity index (χ2n) is 4.61. The van der Waals surface area contributed by atoms with Gasteiger partial charge in [-0.25, -0.2) is 0 Å². The van der Waals surface area contributed by atoms with Crippen LogP contribution in [-0.2, 0) is 0 Å². The van der Waals surface area contributed by atoms with Gasteiger partial charge in [0.1, 0.15) is 0 Å². The number of hydrogen-bond donors (Lipinski definition) is 0. The lowest BCUT2D eigenvalue weighted by molar-refractivity contribution is -0.0729. The van der Waals surface area contributed by atoms with Crippen molar-refractivity contribution in [2.45, 2.75) is 46.0 Å². The Kier molecular flexibility index (Phi) is 1.33. The molecule has 58 valence electrons. The molecule has 1 spiro atoms. The topological polar surface area (TPSA) is 0 Å². The largest absolute Gasteiger partial charge is 0.0625 e. The van der Waals surface area contributed by atoms with Gasteiger partial charge >= 0.3 is 0 Å². The highest BCUT2D eigenvalue weighted by Gasteiger charge is 2.51. The van der Waals surface area contributed by atoms with Crippen LogP contribution < -0.4 is 0 Å². The zero-order valence-corrected chi connectivity index (χ0v) is 7.19. The lowest BCUT2D eigenvalue weighted by Crippen LogP contribution is -2.47. The van der Waals surface area contributed by atoms with E-state index in [1.165, 1.54) is 12.8 Å². The van der Waals surface area contributed by atoms with E-state index in [2.05, 4.69) is 13.8 Å². The van der Waals surface area contributed by atoms with Gasteiger partial charge in [-0.3, -0.25) is 0 Å². The molecule has 0 unspecified atom stereocenters. The first-order valence-corrected chi connectivity index (χ1v) is 4.75. The summed E-state index contributed by atoms with van der Waals surface area (Å²) in [4.78, 5) is 0. The minimum absolute atomic E-state index is 0.883. The molecule has 0 aromatic heterocycles. The Labute approximate surface area is 64.0 Å². The van der Waals surface area contributed by atoms with Gasteiger partial charge in [0.05, 0.1) is 0 Å². The Hall–Kier alpha value is 0. The summed E-state index contributed by atoms with van der Waals surface area (Å²) in [5.41, 5.74) is 0.883. The number of rotatable bonds is 1. The maximum atomic E-state index is 2.39. The van der Waals surface area contributed by atoms with E-state index in [0.29, 0.717) is 0 Å². The fourth-order valence-corrected chi connectivity index (χ4v) is 3.01. The standard InChI is InChI=1S/C10H18/c1-8(2)9-4-7-10(9)5-3-6-10/h8-9H,3-7H2,1-2H3/t9-/m1/s1. The van der Waals surface area contributed by atoms with Gasteiger partial charge in [-0.2, -0.15) is 0 Å². The Balaban J connectivity index is 1.99. The second kappa shape index (κ2) is 1.99. The Bertz CT molecular complexity index is 125. The lowest BCUT2D eigenvalue weighted by Gasteiger charge is -2.58. The van der Waals surface area contributed by atoms with Crippen molar-refractivity contribution in [2.75, 3.05) is 0 Å². The van der Waals surface area contributed by atoms with E-state index in [9.17, 15) is 0 Å². The fraction of sp³-hybridized carbons (Fsp3) is 1.00. The average Bonchev–Trinajstić information content (AvgIpc) is 1.53. The van der Waals surface area contributed by atoms with Crippen molar-refractivity contribution in [3.05, 3.63) is 0 Å². The van der Waals surface area contributed by atoms with Crippen molar-refractivity contribution in [3.8, 4) is 0 Å². The molecule has 0 saturated heterocycles. The van der Waals surface area contributed by atoms with E-state index in [0.717, 1.165) is 17.3 Å². The molecule has 0 aromatic rings. The zero-order chi connectivity index (χ0) is 7.19. The first kappa shape index (κ1) is 6.69. The van der Waals surface area contributed by atoms with Gasteiger partial charge in [0.25, 0.3) is 0 Å². The van der Waals surface area contributed by atoms with E-state index in [4.69, 9.17) is 0 Å². The van der Waals surface area contributed by atoms with Crippen molar-refractivity contribution in [1.82, 2.24) is 0 Å². The van der Waals surface area contributed by atoms with Crippen LogP contribution in [0.3, 0.4) is 0 Å². The summed E-state index contributed by atoms with van der Waals surface area (Å²) in [5, 5.41) is 0. The van der Waals surface area contributed by atoms with Crippen LogP contribution >= 0.6 is 0 Å². The highest BCUT2D eigenvalue weighted by molar-refractivity contribution is 5.01. The maximum Gasteiger partial charge on any atom is -0.0267 e. The Morgan fingerprint density at radius 1 is 1.20 bits per heavy atom. The van der Waals surface area contributed by atoms with E-state index in [-0.39, 0.29) is 0 Å². The molecule has 2 aliphatic carbocycles. The van der Waals surface area contributed by atoms with Crippen LogP contribution in [-0.4, -0.2) is 0 Å². The van der Waals surface area contributed by atoms with Crippen LogP contribution in [0, 0.1) is 17.3 Å². The molecule has 0 bridgehead atoms. The monoisotopic (exact) mass is 138 g/mol. The average molecular weight is 138 g/mol. The lowest BCUT2D eigenvalue weighted by atomic mass is 9.47. The molecular formula is C10H18. The van der Waals surface area contributed by atoms with E-state index < -0.39 is 0 Å². The highest BCUT2D eigenvalue weighted by atomic mass is 14.6. The van der Waals surface area contributed by atoms with Gasteiger partial charge in [0.15, 0.2) is 0 Å². The summed E-state index contributed by atoms with van der Waals surface area (Å²) in [5.74, 6) is 2.05. The molecule has 10 heavy (non-hydrogen) atoms. The van der Waals surface area contributed by atoms with E-state index in [1.807, 2.05) is 0 Å². The Morgan fingerprint density at radius 2 is 1.90 bits per heavy atom. The van der Waals surface area contributed by atoms with Gasteiger partial charge in [-0.1, -0.05) is 20.3 Å². The van der Waals surface area contributed by atoms with Crippen molar-refractivity contribution in [3.63, 3.8) is 0 Å². The van der Waals surface area contributed by atoms with Crippen molar-refractivity contribution < 1.29 is 0 Å². The second-order valence-corrected chi connectivity index (χ2v) is 4.61. The number of hydrogen-bond acceptors (Lipinski definition) is 0. The van der Waals surface area contributed by atoms with Crippen LogP contribution in [0.1, 0.15) is 46.0 Å². The minimum atomic E-state index is 0.883. The van der Waals surface area contributed by atoms with Crippen LogP contribution in [0.4, 0.5) is 0 Å². The van der Waals surface area contributed by atoms with Crippen molar-refractivity contribution in [2.24, 2.45) is 17.3 Å². The van der Waals surface area contributed by atoms with Gasteiger partial charge in [-0.15, -0.1) is 0 Å². The van der Waals surface area contributed by atoms with Gasteiger partial charge < -0.3 is 0 Å². The normalized spacial score (nSPS) is 35.7. The minimum Gasteiger partial charge on any atom is -0.0625 e. The molecule has 2 rings (SSSR count). The molecule has 0 amide bonds. The van der Waals surface area contributed by atoms with Crippen LogP contribution in [0.5, 0.6) is 0 Å². The molecule has 0 radical (unpaired) electrons. The summed E-state index contributed by atoms with van der Waals surface area (Å²) in [7, 11) is 0. The molecule has 0 nitrogen and oxygen atoms in total. The first-order valence-electron chi connectivity index (χ1n) is 4.75. The Morgan fingerprint density at radius 3 is 2.00 bits per heavy atom. The molecule has 0 heterocycles. The molecule has 1 atom stereocenters. The first-order chi connectivity index (χ1) is 4.75. The van der Waals surface area contributed by atoms with Crippen LogP contribution in [0.2, 0.25) is 0 Å². The van der Waals surface area contributed by atoms with E-state index >= 15 is 0 Å². The summed E-state index contributed by atoms with van der Waals surface area (Å²) < 4.78 is 0. The third-order valence-corrected chi connectivity index (χ3v) is 3.89. The van der Waals surface area contributed by atoms with Crippen LogP contribution in [0.15, 0.2) is 0 Å². The molecular weight excluding hydrogens is 120 g/mol. The van der Waals surface area contributed by atoms with Crippen molar-refractivity contribution >= 4 is 0 Å². The summed E-state index contributed by atoms with van der Waals surface area (Å²) >= 11 is 0. The molecule has 2 aliphatic rings. The molecule has 0 aromatic carbocycles. The van der Waals surface area contributed by atoms with Gasteiger partial charge in [-0.05, 0) is 42.9 Å². The zero-order valence-electron chi connectivity index (χ0n) is 7.19. The molecule has 2 saturated carbocycles. The fourth-order valence-electron chi connectivity index (χ4n) is 3.01. The highest BCUT2D eigenvalue weighted by Crippen LogP contribution is 2.61. The third kappa shape index (κ3) is 0.681. The smallest absolute Gasteiger partial charge is 0.0267 e. The SMILES string of the molecule is CC(C)[C@H]1CCC12CCC2. The molecule has 0 aliphatic heterocycles. The summed E-state index contributed by atoms with van der Waals surface area (Å²) in [6, 6.07) is 0. The van der Waals surface area contributed by atoms with E-state index in [1.54, 1.807) is 19.3 Å². The van der Waals surface area contributed by atoms with Crippen molar-refractivity contribution in [1.29, 1.82) is 0 Å². The third-order valence-electron chi connectivity index (χ3n) is 3.89. The molecule has 0 heteroatoms. The van der Waals surface area contributed by atoms with Crippen LogP contribution in [0.25, 0.3) is 0 Å². The predicted molar refractivity (Wildman–Crippen MR) is 43.8 cm³/mol. The van der Waals surface area contributed by atoms with Gasteiger partial charge in [0.2, 0.25) is 0 Å². The quantitative estimate of drug-likeness (QED) is 0.522. The summed E-state index contributed by atoms with van der Waals surface area (Å²) in [6.45, 7) is 4.79. The predicted octanol–water partition coefficient (Wildman–Crippen LogP) is 3.22. The maximum absolute atomic E-state index is 2.39. The summed E-state index contributed by atoms with van der Waals surface area (Å²) in [6.07, 6.45) is 7.70. The molecule has 0 N–H and O–H groups in total.